The molecule has 1 saturated carbocycles. The van der Waals surface area contributed by atoms with Crippen molar-refractivity contribution >= 4 is 33.0 Å². The lowest BCUT2D eigenvalue weighted by molar-refractivity contribution is 0.787. The van der Waals surface area contributed by atoms with Crippen LogP contribution >= 0.6 is 27.3 Å². The fourth-order valence-electron chi connectivity index (χ4n) is 2.35. The lowest BCUT2D eigenvalue weighted by atomic mass is 10.1. The summed E-state index contributed by atoms with van der Waals surface area (Å²) >= 11 is 5.34. The highest BCUT2D eigenvalue weighted by atomic mass is 79.9. The summed E-state index contributed by atoms with van der Waals surface area (Å²) in [5, 5.41) is 4.38. The van der Waals surface area contributed by atoms with Gasteiger partial charge >= 0.3 is 0 Å². The van der Waals surface area contributed by atoms with E-state index in [2.05, 4.69) is 55.9 Å². The third-order valence-corrected chi connectivity index (χ3v) is 4.72. The van der Waals surface area contributed by atoms with Crippen LogP contribution < -0.4 is 10.6 Å². The Morgan fingerprint density at radius 1 is 1.32 bits per heavy atom. The fourth-order valence-corrected chi connectivity index (χ4v) is 3.36. The SMILES string of the molecule is NCc1ccc(Br)cc1N(Cc1ccsc1)C1CC1. The zero-order valence-corrected chi connectivity index (χ0v) is 13.1. The molecule has 1 aromatic carbocycles. The minimum Gasteiger partial charge on any atom is -0.364 e. The van der Waals surface area contributed by atoms with E-state index in [1.165, 1.54) is 29.7 Å². The molecule has 0 atom stereocenters. The third kappa shape index (κ3) is 3.02. The molecule has 100 valence electrons. The Morgan fingerprint density at radius 3 is 2.79 bits per heavy atom. The number of anilines is 1. The zero-order valence-electron chi connectivity index (χ0n) is 10.7. The van der Waals surface area contributed by atoms with Gasteiger partial charge in [-0.15, -0.1) is 0 Å². The second kappa shape index (κ2) is 5.65. The molecule has 0 aliphatic heterocycles. The largest absolute Gasteiger partial charge is 0.364 e. The van der Waals surface area contributed by atoms with Crippen LogP contribution in [0.5, 0.6) is 0 Å². The van der Waals surface area contributed by atoms with Gasteiger partial charge in [-0.05, 0) is 52.9 Å². The van der Waals surface area contributed by atoms with Crippen molar-refractivity contribution in [3.63, 3.8) is 0 Å². The Balaban J connectivity index is 1.93. The molecular formula is C15H17BrN2S. The average Bonchev–Trinajstić information content (AvgIpc) is 3.13. The molecule has 1 aliphatic rings. The average molecular weight is 337 g/mol. The Hall–Kier alpha value is -0.840. The van der Waals surface area contributed by atoms with E-state index in [9.17, 15) is 0 Å². The van der Waals surface area contributed by atoms with E-state index in [1.807, 2.05) is 0 Å². The van der Waals surface area contributed by atoms with Gasteiger partial charge in [0.25, 0.3) is 0 Å². The van der Waals surface area contributed by atoms with Crippen LogP contribution in [0.15, 0.2) is 39.5 Å². The topological polar surface area (TPSA) is 29.3 Å². The molecule has 2 nitrogen and oxygen atoms in total. The maximum atomic E-state index is 5.89. The van der Waals surface area contributed by atoms with Crippen molar-refractivity contribution in [2.45, 2.75) is 32.0 Å². The molecule has 1 fully saturated rings. The van der Waals surface area contributed by atoms with Crippen LogP contribution in [-0.4, -0.2) is 6.04 Å². The Labute approximate surface area is 126 Å². The maximum Gasteiger partial charge on any atom is 0.0440 e. The van der Waals surface area contributed by atoms with Crippen LogP contribution in [0.4, 0.5) is 5.69 Å². The van der Waals surface area contributed by atoms with E-state index in [4.69, 9.17) is 5.73 Å². The van der Waals surface area contributed by atoms with Crippen LogP contribution in [0.3, 0.4) is 0 Å². The summed E-state index contributed by atoms with van der Waals surface area (Å²) in [4.78, 5) is 2.51. The van der Waals surface area contributed by atoms with Crippen molar-refractivity contribution in [1.29, 1.82) is 0 Å². The zero-order chi connectivity index (χ0) is 13.2. The van der Waals surface area contributed by atoms with E-state index in [-0.39, 0.29) is 0 Å². The number of thiophene rings is 1. The minimum absolute atomic E-state index is 0.593. The van der Waals surface area contributed by atoms with Gasteiger partial charge in [0.1, 0.15) is 0 Å². The number of nitrogens with zero attached hydrogens (tertiary/aromatic N) is 1. The third-order valence-electron chi connectivity index (χ3n) is 3.50. The van der Waals surface area contributed by atoms with E-state index >= 15 is 0 Å². The quantitative estimate of drug-likeness (QED) is 0.889. The Bertz CT molecular complexity index is 549. The molecular weight excluding hydrogens is 320 g/mol. The molecule has 0 radical (unpaired) electrons. The van der Waals surface area contributed by atoms with Gasteiger partial charge in [0.2, 0.25) is 0 Å². The van der Waals surface area contributed by atoms with E-state index in [0.29, 0.717) is 12.6 Å². The summed E-state index contributed by atoms with van der Waals surface area (Å²) in [7, 11) is 0. The van der Waals surface area contributed by atoms with Crippen molar-refractivity contribution < 1.29 is 0 Å². The summed E-state index contributed by atoms with van der Waals surface area (Å²) in [5.74, 6) is 0. The molecule has 4 heteroatoms. The van der Waals surface area contributed by atoms with Gasteiger partial charge in [-0.2, -0.15) is 11.3 Å². The molecule has 0 saturated heterocycles. The summed E-state index contributed by atoms with van der Waals surface area (Å²) in [6.07, 6.45) is 2.58. The molecule has 1 heterocycles. The summed E-state index contributed by atoms with van der Waals surface area (Å²) in [5.41, 5.74) is 9.79. The van der Waals surface area contributed by atoms with Gasteiger partial charge < -0.3 is 10.6 Å². The van der Waals surface area contributed by atoms with Crippen molar-refractivity contribution in [3.8, 4) is 0 Å². The molecule has 0 unspecified atom stereocenters. The second-order valence-corrected chi connectivity index (χ2v) is 6.66. The smallest absolute Gasteiger partial charge is 0.0440 e. The van der Waals surface area contributed by atoms with E-state index in [1.54, 1.807) is 11.3 Å². The van der Waals surface area contributed by atoms with Gasteiger partial charge in [0.05, 0.1) is 0 Å². The molecule has 0 spiro atoms. The van der Waals surface area contributed by atoms with E-state index < -0.39 is 0 Å². The summed E-state index contributed by atoms with van der Waals surface area (Å²) in [6, 6.07) is 9.29. The van der Waals surface area contributed by atoms with Crippen LogP contribution in [0, 0.1) is 0 Å². The van der Waals surface area contributed by atoms with E-state index in [0.717, 1.165) is 11.0 Å². The summed E-state index contributed by atoms with van der Waals surface area (Å²) in [6.45, 7) is 1.58. The Morgan fingerprint density at radius 2 is 2.16 bits per heavy atom. The molecule has 3 rings (SSSR count). The van der Waals surface area contributed by atoms with Crippen LogP contribution in [0.1, 0.15) is 24.0 Å². The first-order chi connectivity index (χ1) is 9.28. The van der Waals surface area contributed by atoms with Crippen molar-refractivity contribution in [1.82, 2.24) is 0 Å². The molecule has 2 aromatic rings. The van der Waals surface area contributed by atoms with Crippen LogP contribution in [0.25, 0.3) is 0 Å². The van der Waals surface area contributed by atoms with Crippen molar-refractivity contribution in [3.05, 3.63) is 50.6 Å². The Kier molecular flexibility index (Phi) is 3.91. The highest BCUT2D eigenvalue weighted by Crippen LogP contribution is 2.36. The van der Waals surface area contributed by atoms with Gasteiger partial charge in [-0.25, -0.2) is 0 Å². The summed E-state index contributed by atoms with van der Waals surface area (Å²) < 4.78 is 1.12. The van der Waals surface area contributed by atoms with Gasteiger partial charge in [-0.3, -0.25) is 0 Å². The highest BCUT2D eigenvalue weighted by Gasteiger charge is 2.30. The first kappa shape index (κ1) is 13.2. The predicted octanol–water partition coefficient (Wildman–Crippen LogP) is 4.14. The second-order valence-electron chi connectivity index (χ2n) is 4.97. The minimum atomic E-state index is 0.593. The van der Waals surface area contributed by atoms with Crippen LogP contribution in [0.2, 0.25) is 0 Å². The van der Waals surface area contributed by atoms with Gasteiger partial charge in [-0.1, -0.05) is 22.0 Å². The number of hydrogen-bond acceptors (Lipinski definition) is 3. The maximum absolute atomic E-state index is 5.89. The first-order valence-electron chi connectivity index (χ1n) is 6.54. The van der Waals surface area contributed by atoms with Gasteiger partial charge in [0, 0.05) is 29.3 Å². The number of halogens is 1. The van der Waals surface area contributed by atoms with Crippen molar-refractivity contribution in [2.75, 3.05) is 4.90 Å². The molecule has 0 bridgehead atoms. The predicted molar refractivity (Wildman–Crippen MR) is 85.6 cm³/mol. The van der Waals surface area contributed by atoms with Gasteiger partial charge in [0.15, 0.2) is 0 Å². The standard InChI is InChI=1S/C15H17BrN2S/c16-13-2-1-12(8-17)15(7-13)18(14-3-4-14)9-11-5-6-19-10-11/h1-2,5-7,10,14H,3-4,8-9,17H2. The number of hydrogen-bond donors (Lipinski definition) is 1. The first-order valence-corrected chi connectivity index (χ1v) is 8.27. The lowest BCUT2D eigenvalue weighted by Crippen LogP contribution is -2.26. The van der Waals surface area contributed by atoms with Crippen molar-refractivity contribution in [2.24, 2.45) is 5.73 Å². The molecule has 0 amide bonds. The molecule has 1 aromatic heterocycles. The number of rotatable bonds is 5. The fraction of sp³-hybridized carbons (Fsp3) is 0.333. The number of nitrogens with two attached hydrogens (primary N) is 1. The van der Waals surface area contributed by atoms with Crippen LogP contribution in [-0.2, 0) is 13.1 Å². The normalized spacial score (nSPS) is 14.6. The molecule has 2 N–H and O–H groups in total. The number of benzene rings is 1. The lowest BCUT2D eigenvalue weighted by Gasteiger charge is -2.27. The monoisotopic (exact) mass is 336 g/mol. The molecule has 1 aliphatic carbocycles. The highest BCUT2D eigenvalue weighted by molar-refractivity contribution is 9.10. The molecule has 19 heavy (non-hydrogen) atoms.